The molecule has 0 amide bonds. The van der Waals surface area contributed by atoms with Gasteiger partial charge in [0.2, 0.25) is 0 Å². The highest BCUT2D eigenvalue weighted by Gasteiger charge is 2.14. The van der Waals surface area contributed by atoms with E-state index in [4.69, 9.17) is 28.7 Å². The Morgan fingerprint density at radius 2 is 1.04 bits per heavy atom. The summed E-state index contributed by atoms with van der Waals surface area (Å²) in [6.45, 7) is 4.29. The highest BCUT2D eigenvalue weighted by molar-refractivity contribution is 7.46. The zero-order chi connectivity index (χ0) is 33.7. The number of fused-ring (bicyclic) bond motifs is 1. The van der Waals surface area contributed by atoms with E-state index < -0.39 is 7.82 Å². The summed E-state index contributed by atoms with van der Waals surface area (Å²) in [5.41, 5.74) is 0. The zero-order valence-electron chi connectivity index (χ0n) is 29.3. The summed E-state index contributed by atoms with van der Waals surface area (Å²) in [5.74, 6) is 0.898. The van der Waals surface area contributed by atoms with Gasteiger partial charge in [0.05, 0.1) is 46.2 Å². The molecule has 0 fully saturated rings. The average molecular weight is 681 g/mol. The van der Waals surface area contributed by atoms with Crippen LogP contribution < -0.4 is 4.74 Å². The molecule has 8 nitrogen and oxygen atoms in total. The molecular formula is C38H65O8P. The monoisotopic (exact) mass is 680 g/mol. The summed E-state index contributed by atoms with van der Waals surface area (Å²) in [4.78, 5) is 17.3. The Morgan fingerprint density at radius 1 is 0.574 bits per heavy atom. The van der Waals surface area contributed by atoms with Gasteiger partial charge in [-0.1, -0.05) is 152 Å². The molecule has 9 heteroatoms. The van der Waals surface area contributed by atoms with Crippen LogP contribution in [0.25, 0.3) is 10.8 Å². The first kappa shape index (κ1) is 41.7. The Bertz CT molecular complexity index is 1040. The maximum atomic E-state index is 10.6. The van der Waals surface area contributed by atoms with Gasteiger partial charge in [-0.3, -0.25) is 4.52 Å². The Labute approximate surface area is 285 Å². The standard InChI is InChI=1S/C38H65O8P/c1-2-3-4-5-6-7-8-9-10-11-12-13-14-15-16-17-18-19-25-36(46-38-27-22-24-35-23-20-21-26-37(35)38)34-44-31-30-42-28-29-43-32-33-45-47(39,40)41/h20-24,26-27,36H,2-19,25,28-34H2,1H3,(H2,39,40,41). The van der Waals surface area contributed by atoms with E-state index in [1.165, 1.54) is 115 Å². The Balaban J connectivity index is 1.54. The van der Waals surface area contributed by atoms with E-state index in [2.05, 4.69) is 29.6 Å². The molecule has 0 aliphatic rings. The van der Waals surface area contributed by atoms with Gasteiger partial charge in [0.1, 0.15) is 11.9 Å². The zero-order valence-corrected chi connectivity index (χ0v) is 30.2. The molecule has 1 unspecified atom stereocenters. The number of phosphoric acid groups is 1. The molecule has 0 aromatic heterocycles. The number of ether oxygens (including phenoxy) is 4. The Kier molecular flexibility index (Phi) is 25.1. The molecule has 0 saturated carbocycles. The summed E-state index contributed by atoms with van der Waals surface area (Å²) in [5, 5.41) is 2.29. The summed E-state index contributed by atoms with van der Waals surface area (Å²) >= 11 is 0. The van der Waals surface area contributed by atoms with Crippen molar-refractivity contribution in [2.45, 2.75) is 135 Å². The van der Waals surface area contributed by atoms with Crippen molar-refractivity contribution >= 4 is 18.6 Å². The van der Waals surface area contributed by atoms with Gasteiger partial charge in [-0.15, -0.1) is 0 Å². The van der Waals surface area contributed by atoms with E-state index in [1.54, 1.807) is 0 Å². The van der Waals surface area contributed by atoms with Crippen LogP contribution in [0, 0.1) is 0 Å². The number of unbranched alkanes of at least 4 members (excludes halogenated alkanes) is 17. The molecule has 0 heterocycles. The second-order valence-electron chi connectivity index (χ2n) is 12.6. The Hall–Kier alpha value is -1.51. The molecule has 2 rings (SSSR count). The van der Waals surface area contributed by atoms with Crippen molar-refractivity contribution in [1.82, 2.24) is 0 Å². The van der Waals surface area contributed by atoms with Gasteiger partial charge in [-0.2, -0.15) is 0 Å². The number of hydrogen-bond acceptors (Lipinski definition) is 6. The lowest BCUT2D eigenvalue weighted by atomic mass is 10.0. The molecule has 47 heavy (non-hydrogen) atoms. The molecule has 1 atom stereocenters. The predicted molar refractivity (Wildman–Crippen MR) is 192 cm³/mol. The van der Waals surface area contributed by atoms with Crippen molar-refractivity contribution in [2.24, 2.45) is 0 Å². The topological polar surface area (TPSA) is 104 Å². The van der Waals surface area contributed by atoms with E-state index >= 15 is 0 Å². The molecule has 0 spiro atoms. The van der Waals surface area contributed by atoms with Crippen LogP contribution in [0.4, 0.5) is 0 Å². The maximum absolute atomic E-state index is 10.6. The van der Waals surface area contributed by atoms with E-state index in [0.717, 1.165) is 24.0 Å². The van der Waals surface area contributed by atoms with Crippen LogP contribution >= 0.6 is 7.82 Å². The molecule has 2 aromatic rings. The van der Waals surface area contributed by atoms with Crippen molar-refractivity contribution in [1.29, 1.82) is 0 Å². The summed E-state index contributed by atoms with van der Waals surface area (Å²) in [7, 11) is -4.45. The first-order chi connectivity index (χ1) is 23.0. The number of rotatable bonds is 33. The molecule has 0 aliphatic carbocycles. The van der Waals surface area contributed by atoms with E-state index in [9.17, 15) is 4.57 Å². The summed E-state index contributed by atoms with van der Waals surface area (Å²) < 4.78 is 38.2. The normalized spacial score (nSPS) is 12.6. The van der Waals surface area contributed by atoms with Gasteiger partial charge in [-0.25, -0.2) is 4.57 Å². The second kappa shape index (κ2) is 28.3. The number of benzene rings is 2. The van der Waals surface area contributed by atoms with Crippen LogP contribution in [-0.4, -0.2) is 62.1 Å². The second-order valence-corrected chi connectivity index (χ2v) is 13.9. The minimum absolute atomic E-state index is 0.0285. The first-order valence-corrected chi connectivity index (χ1v) is 20.1. The number of phosphoric ester groups is 1. The fraction of sp³-hybridized carbons (Fsp3) is 0.737. The van der Waals surface area contributed by atoms with E-state index in [1.807, 2.05) is 24.3 Å². The van der Waals surface area contributed by atoms with Crippen LogP contribution in [-0.2, 0) is 23.3 Å². The molecule has 0 aliphatic heterocycles. The fourth-order valence-electron chi connectivity index (χ4n) is 5.80. The molecule has 0 bridgehead atoms. The predicted octanol–water partition coefficient (Wildman–Crippen LogP) is 10.2. The first-order valence-electron chi connectivity index (χ1n) is 18.6. The van der Waals surface area contributed by atoms with Gasteiger partial charge >= 0.3 is 7.82 Å². The molecule has 0 radical (unpaired) electrons. The highest BCUT2D eigenvalue weighted by atomic mass is 31.2. The molecule has 270 valence electrons. The van der Waals surface area contributed by atoms with Crippen LogP contribution in [0.1, 0.15) is 129 Å². The van der Waals surface area contributed by atoms with Crippen LogP contribution in [0.5, 0.6) is 5.75 Å². The quantitative estimate of drug-likeness (QED) is 0.0567. The van der Waals surface area contributed by atoms with Crippen LogP contribution in [0.15, 0.2) is 42.5 Å². The van der Waals surface area contributed by atoms with E-state index in [-0.39, 0.29) is 19.3 Å². The maximum Gasteiger partial charge on any atom is 0.469 e. The third-order valence-corrected chi connectivity index (χ3v) is 8.98. The molecule has 0 saturated heterocycles. The third kappa shape index (κ3) is 23.5. The van der Waals surface area contributed by atoms with Gasteiger partial charge in [-0.05, 0) is 24.3 Å². The third-order valence-electron chi connectivity index (χ3n) is 8.46. The molecule has 2 aromatic carbocycles. The van der Waals surface area contributed by atoms with Gasteiger partial charge in [0.15, 0.2) is 0 Å². The number of hydrogen-bond donors (Lipinski definition) is 2. The average Bonchev–Trinajstić information content (AvgIpc) is 3.06. The van der Waals surface area contributed by atoms with Crippen molar-refractivity contribution in [3.05, 3.63) is 42.5 Å². The van der Waals surface area contributed by atoms with Crippen molar-refractivity contribution < 1.29 is 37.8 Å². The largest absolute Gasteiger partial charge is 0.487 e. The molecular weight excluding hydrogens is 615 g/mol. The summed E-state index contributed by atoms with van der Waals surface area (Å²) in [6, 6.07) is 14.5. The SMILES string of the molecule is CCCCCCCCCCCCCCCCCCCCC(COCCOCCOCCOP(=O)(O)O)Oc1cccc2ccccc12. The Morgan fingerprint density at radius 3 is 1.60 bits per heavy atom. The lowest BCUT2D eigenvalue weighted by molar-refractivity contribution is -0.00935. The van der Waals surface area contributed by atoms with Crippen LogP contribution in [0.2, 0.25) is 0 Å². The fourth-order valence-corrected chi connectivity index (χ4v) is 6.11. The van der Waals surface area contributed by atoms with E-state index in [0.29, 0.717) is 33.0 Å². The minimum atomic E-state index is -4.45. The van der Waals surface area contributed by atoms with Gasteiger partial charge in [0, 0.05) is 5.39 Å². The lowest BCUT2D eigenvalue weighted by Crippen LogP contribution is -2.24. The van der Waals surface area contributed by atoms with Crippen molar-refractivity contribution in [3.63, 3.8) is 0 Å². The van der Waals surface area contributed by atoms with Gasteiger partial charge in [0.25, 0.3) is 0 Å². The van der Waals surface area contributed by atoms with Crippen molar-refractivity contribution in [3.8, 4) is 5.75 Å². The minimum Gasteiger partial charge on any atom is -0.487 e. The lowest BCUT2D eigenvalue weighted by Gasteiger charge is -2.20. The highest BCUT2D eigenvalue weighted by Crippen LogP contribution is 2.35. The van der Waals surface area contributed by atoms with Gasteiger partial charge < -0.3 is 28.7 Å². The summed E-state index contributed by atoms with van der Waals surface area (Å²) in [6.07, 6.45) is 25.6. The van der Waals surface area contributed by atoms with Crippen molar-refractivity contribution in [2.75, 3.05) is 46.2 Å². The smallest absolute Gasteiger partial charge is 0.469 e. The van der Waals surface area contributed by atoms with Crippen LogP contribution in [0.3, 0.4) is 0 Å². The molecule has 2 N–H and O–H groups in total.